The van der Waals surface area contributed by atoms with Gasteiger partial charge in [0.2, 0.25) is 0 Å². The van der Waals surface area contributed by atoms with Crippen LogP contribution in [0.2, 0.25) is 0 Å². The van der Waals surface area contributed by atoms with Crippen LogP contribution in [-0.2, 0) is 31.2 Å². The molecule has 6 aromatic rings. The van der Waals surface area contributed by atoms with E-state index in [0.29, 0.717) is 0 Å². The average Bonchev–Trinajstić information content (AvgIpc) is 3.05. The molecular formula is C36H32I2P2Pd2+2. The minimum Gasteiger partial charge on any atom is -0.0620 e. The van der Waals surface area contributed by atoms with Crippen molar-refractivity contribution in [2.75, 3.05) is 0 Å². The normalized spacial score (nSPS) is 10.1. The molecule has 0 aliphatic heterocycles. The largest absolute Gasteiger partial charge is 0.102 e. The van der Waals surface area contributed by atoms with Gasteiger partial charge in [0.1, 0.15) is 31.8 Å². The molecule has 218 valence electrons. The second kappa shape index (κ2) is 20.8. The molecule has 6 aromatic carbocycles. The zero-order valence-electron chi connectivity index (χ0n) is 22.7. The summed E-state index contributed by atoms with van der Waals surface area (Å²) in [5.41, 5.74) is 0. The van der Waals surface area contributed by atoms with Crippen LogP contribution in [0.15, 0.2) is 182 Å². The molecule has 0 fully saturated rings. The van der Waals surface area contributed by atoms with Crippen LogP contribution in [0, 0.1) is 0 Å². The minimum absolute atomic E-state index is 0. The standard InChI is InChI=1S/2C18H15P.2HI.2Pd/c2*1-4-10-16(11-5-1)19(17-12-6-2-7-13-17)18-14-8-3-9-15-18;;;;/h2*1-15H;2*1H;;/q;;;;;+2. The van der Waals surface area contributed by atoms with E-state index in [4.69, 9.17) is 0 Å². The third-order valence-corrected chi connectivity index (χ3v) is 11.8. The number of hydrogen-bond acceptors (Lipinski definition) is 0. The van der Waals surface area contributed by atoms with Gasteiger partial charge >= 0.3 is 49.8 Å². The van der Waals surface area contributed by atoms with Crippen molar-refractivity contribution in [3.05, 3.63) is 182 Å². The van der Waals surface area contributed by atoms with E-state index in [1.807, 2.05) is 0 Å². The quantitative estimate of drug-likeness (QED) is 0.0900. The van der Waals surface area contributed by atoms with Gasteiger partial charge in [-0.1, -0.05) is 109 Å². The van der Waals surface area contributed by atoms with E-state index < -0.39 is 15.8 Å². The Balaban J connectivity index is 0.000000207. The van der Waals surface area contributed by atoms with E-state index in [9.17, 15) is 0 Å². The first kappa shape index (κ1) is 35.4. The van der Waals surface area contributed by atoms with E-state index >= 15 is 0 Å². The molecule has 0 heterocycles. The Hall–Kier alpha value is -1.04. The van der Waals surface area contributed by atoms with E-state index in [1.165, 1.54) is 31.8 Å². The maximum atomic E-state index is 2.33. The van der Waals surface area contributed by atoms with Crippen LogP contribution < -0.4 is 31.8 Å². The first-order valence-corrected chi connectivity index (χ1v) is 25.5. The topological polar surface area (TPSA) is 0 Å². The van der Waals surface area contributed by atoms with Gasteiger partial charge in [-0.3, -0.25) is 0 Å². The molecular weight excluding hydrogens is 961 g/mol. The van der Waals surface area contributed by atoms with Crippen molar-refractivity contribution in [2.24, 2.45) is 0 Å². The molecule has 0 spiro atoms. The Kier molecular flexibility index (Phi) is 17.6. The summed E-state index contributed by atoms with van der Waals surface area (Å²) in [6, 6.07) is 65.0. The predicted molar refractivity (Wildman–Crippen MR) is 201 cm³/mol. The smallest absolute Gasteiger partial charge is 0.0620 e. The molecule has 6 heteroatoms. The summed E-state index contributed by atoms with van der Waals surface area (Å²) in [5.74, 6) is 0. The summed E-state index contributed by atoms with van der Waals surface area (Å²) in [5, 5.41) is 8.61. The second-order valence-corrected chi connectivity index (χ2v) is 25.9. The van der Waals surface area contributed by atoms with Gasteiger partial charge in [-0.25, -0.2) is 0 Å². The molecule has 0 aliphatic carbocycles. The average molecular weight is 993 g/mol. The molecule has 0 amide bonds. The van der Waals surface area contributed by atoms with Gasteiger partial charge in [0.25, 0.3) is 0 Å². The van der Waals surface area contributed by atoms with Gasteiger partial charge < -0.3 is 0 Å². The van der Waals surface area contributed by atoms with Crippen molar-refractivity contribution in [1.82, 2.24) is 0 Å². The third kappa shape index (κ3) is 11.2. The summed E-state index contributed by atoms with van der Waals surface area (Å²) in [6.45, 7) is 0. The molecule has 0 saturated carbocycles. The van der Waals surface area contributed by atoms with Crippen molar-refractivity contribution in [3.8, 4) is 0 Å². The van der Waals surface area contributed by atoms with Crippen LogP contribution in [0.25, 0.3) is 0 Å². The van der Waals surface area contributed by atoms with Crippen LogP contribution in [-0.4, -0.2) is 0 Å². The van der Waals surface area contributed by atoms with E-state index in [2.05, 4.69) is 221 Å². The van der Waals surface area contributed by atoms with E-state index in [1.54, 1.807) is 0 Å². The fraction of sp³-hybridized carbons (Fsp3) is 0. The Morgan fingerprint density at radius 1 is 0.286 bits per heavy atom. The summed E-state index contributed by atoms with van der Waals surface area (Å²) in [7, 11) is -0.865. The number of rotatable bonds is 6. The molecule has 0 saturated heterocycles. The molecule has 0 aromatic heterocycles. The molecule has 0 nitrogen and oxygen atoms in total. The van der Waals surface area contributed by atoms with E-state index in [0.717, 1.165) is 10.8 Å². The second-order valence-electron chi connectivity index (χ2n) is 8.99. The van der Waals surface area contributed by atoms with Crippen molar-refractivity contribution >= 4 is 86.7 Å². The SMILES string of the molecule is [I][Pd][I].[Pd].c1ccc([PH+](c2ccccc2)c2ccccc2)cc1.c1ccc([PH+](c2ccccc2)c2ccccc2)cc1. The summed E-state index contributed by atoms with van der Waals surface area (Å²) in [4.78, 5) is 0. The fourth-order valence-electron chi connectivity index (χ4n) is 4.63. The number of benzene rings is 6. The Morgan fingerprint density at radius 2 is 0.405 bits per heavy atom. The van der Waals surface area contributed by atoms with Gasteiger partial charge in [0.05, 0.1) is 15.8 Å². The molecule has 6 rings (SSSR count). The first-order chi connectivity index (χ1) is 20.3. The minimum atomic E-state index is -0.877. The van der Waals surface area contributed by atoms with Gasteiger partial charge in [0, 0.05) is 20.4 Å². The van der Waals surface area contributed by atoms with Crippen LogP contribution in [0.3, 0.4) is 0 Å². The number of halogens is 2. The molecule has 42 heavy (non-hydrogen) atoms. The maximum Gasteiger partial charge on any atom is 0.102 e. The zero-order chi connectivity index (χ0) is 28.5. The van der Waals surface area contributed by atoms with Crippen LogP contribution in [0.1, 0.15) is 0 Å². The van der Waals surface area contributed by atoms with Crippen molar-refractivity contribution in [1.29, 1.82) is 0 Å². The number of hydrogen-bond donors (Lipinski definition) is 0. The summed E-state index contributed by atoms with van der Waals surface area (Å²) in [6.07, 6.45) is 0. The summed E-state index contributed by atoms with van der Waals surface area (Å²) < 4.78 is 0. The van der Waals surface area contributed by atoms with Crippen molar-refractivity contribution in [3.63, 3.8) is 0 Å². The Bertz CT molecular complexity index is 1210. The van der Waals surface area contributed by atoms with Gasteiger partial charge in [-0.2, -0.15) is 0 Å². The van der Waals surface area contributed by atoms with Crippen LogP contribution >= 0.6 is 54.9 Å². The van der Waals surface area contributed by atoms with Crippen molar-refractivity contribution < 1.29 is 31.2 Å². The molecule has 0 atom stereocenters. The van der Waals surface area contributed by atoms with Gasteiger partial charge in [-0.15, -0.1) is 0 Å². The van der Waals surface area contributed by atoms with E-state index in [-0.39, 0.29) is 20.4 Å². The molecule has 0 unspecified atom stereocenters. The molecule has 0 N–H and O–H groups in total. The first-order valence-electron chi connectivity index (χ1n) is 13.2. The van der Waals surface area contributed by atoms with Crippen LogP contribution in [0.5, 0.6) is 0 Å². The monoisotopic (exact) mass is 992 g/mol. The van der Waals surface area contributed by atoms with Gasteiger partial charge in [0.15, 0.2) is 0 Å². The Labute approximate surface area is 296 Å². The zero-order valence-corrected chi connectivity index (χ0v) is 32.1. The fourth-order valence-corrected chi connectivity index (χ4v) is 9.78. The van der Waals surface area contributed by atoms with Crippen molar-refractivity contribution in [2.45, 2.75) is 0 Å². The molecule has 0 aliphatic rings. The maximum absolute atomic E-state index is 2.33. The molecule has 0 bridgehead atoms. The van der Waals surface area contributed by atoms with Crippen LogP contribution in [0.4, 0.5) is 0 Å². The third-order valence-electron chi connectivity index (χ3n) is 6.37. The molecule has 0 radical (unpaired) electrons. The van der Waals surface area contributed by atoms with Gasteiger partial charge in [-0.05, 0) is 72.8 Å². The summed E-state index contributed by atoms with van der Waals surface area (Å²) >= 11 is 4.65. The predicted octanol–water partition coefficient (Wildman–Crippen LogP) is 8.12. The Morgan fingerprint density at radius 3 is 0.524 bits per heavy atom.